The van der Waals surface area contributed by atoms with Gasteiger partial charge >= 0.3 is 11.9 Å². The van der Waals surface area contributed by atoms with Crippen LogP contribution in [0.15, 0.2) is 42.5 Å². The van der Waals surface area contributed by atoms with Crippen LogP contribution < -0.4 is 15.0 Å². The number of hydrogen-bond donors (Lipinski definition) is 4. The lowest BCUT2D eigenvalue weighted by Gasteiger charge is -2.35. The topological polar surface area (TPSA) is 136 Å². The Balaban J connectivity index is 1.86. The van der Waals surface area contributed by atoms with Gasteiger partial charge < -0.3 is 30.3 Å². The van der Waals surface area contributed by atoms with Gasteiger partial charge in [0.15, 0.2) is 5.75 Å². The zero-order valence-corrected chi connectivity index (χ0v) is 15.4. The van der Waals surface area contributed by atoms with Crippen molar-refractivity contribution >= 4 is 29.2 Å². The fourth-order valence-electron chi connectivity index (χ4n) is 3.04. The summed E-state index contributed by atoms with van der Waals surface area (Å²) in [6.45, 7) is 0.402. The van der Waals surface area contributed by atoms with Crippen LogP contribution in [-0.2, 0) is 9.59 Å². The number of rotatable bonds is 7. The van der Waals surface area contributed by atoms with Gasteiger partial charge in [-0.05, 0) is 42.8 Å². The van der Waals surface area contributed by atoms with E-state index >= 15 is 0 Å². The average Bonchev–Trinajstić information content (AvgIpc) is 2.68. The van der Waals surface area contributed by atoms with Crippen LogP contribution in [0.1, 0.15) is 23.2 Å². The molecule has 2 aromatic rings. The van der Waals surface area contributed by atoms with E-state index in [9.17, 15) is 24.6 Å². The minimum absolute atomic E-state index is 0.0308. The molecule has 0 spiro atoms. The normalized spacial score (nSPS) is 15.2. The number of phenolic OH excluding ortho intramolecular Hbond substituents is 1. The van der Waals surface area contributed by atoms with Crippen molar-refractivity contribution < 1.29 is 34.4 Å². The predicted octanol–water partition coefficient (Wildman–Crippen LogP) is 2.16. The first-order chi connectivity index (χ1) is 13.8. The maximum absolute atomic E-state index is 12.5. The van der Waals surface area contributed by atoms with Crippen LogP contribution in [0.3, 0.4) is 0 Å². The number of carboxylic acids is 2. The van der Waals surface area contributed by atoms with Gasteiger partial charge in [0.05, 0.1) is 17.9 Å². The zero-order valence-electron chi connectivity index (χ0n) is 15.4. The molecule has 1 amide bonds. The number of carbonyl (C=O) groups excluding carboxylic acids is 1. The molecular formula is C20H20N2O7. The number of carbonyl (C=O) groups is 3. The number of aromatic hydroxyl groups is 1. The average molecular weight is 400 g/mol. The number of carboxylic acid groups (broad SMARTS) is 2. The summed E-state index contributed by atoms with van der Waals surface area (Å²) in [5.74, 6) is -2.28. The number of phenols is 1. The molecule has 2 aromatic carbocycles. The number of nitrogens with one attached hydrogen (secondary N) is 1. The van der Waals surface area contributed by atoms with E-state index in [0.717, 1.165) is 0 Å². The molecule has 0 bridgehead atoms. The number of nitrogens with zero attached hydrogens (tertiary/aromatic N) is 1. The number of fused-ring (bicyclic) bond motifs is 1. The van der Waals surface area contributed by atoms with E-state index in [1.54, 1.807) is 23.1 Å². The fraction of sp³-hybridized carbons (Fsp3) is 0.250. The highest BCUT2D eigenvalue weighted by Gasteiger charge is 2.32. The van der Waals surface area contributed by atoms with Gasteiger partial charge in [-0.3, -0.25) is 9.59 Å². The Kier molecular flexibility index (Phi) is 5.87. The van der Waals surface area contributed by atoms with Crippen molar-refractivity contribution in [1.82, 2.24) is 0 Å². The lowest BCUT2D eigenvalue weighted by atomic mass is 10.1. The summed E-state index contributed by atoms with van der Waals surface area (Å²) in [6, 6.07) is 10.7. The molecule has 0 saturated carbocycles. The van der Waals surface area contributed by atoms with E-state index < -0.39 is 23.9 Å². The minimum atomic E-state index is -1.15. The molecule has 0 aromatic heterocycles. The van der Waals surface area contributed by atoms with E-state index in [1.165, 1.54) is 24.3 Å². The second-order valence-electron chi connectivity index (χ2n) is 6.54. The number of amides is 1. The molecule has 1 heterocycles. The van der Waals surface area contributed by atoms with Crippen molar-refractivity contribution in [2.24, 2.45) is 0 Å². The Morgan fingerprint density at radius 3 is 2.48 bits per heavy atom. The van der Waals surface area contributed by atoms with Crippen LogP contribution in [0.4, 0.5) is 11.4 Å². The second-order valence-corrected chi connectivity index (χ2v) is 6.54. The SMILES string of the molecule is O=C(O)CCCN1CC(C(=O)O)Oc2c(NC(=O)c3ccc(O)cc3)cccc21. The summed E-state index contributed by atoms with van der Waals surface area (Å²) < 4.78 is 5.63. The molecule has 0 radical (unpaired) electrons. The van der Waals surface area contributed by atoms with Crippen molar-refractivity contribution in [3.05, 3.63) is 48.0 Å². The number of ether oxygens (including phenoxy) is 1. The summed E-state index contributed by atoms with van der Waals surface area (Å²) in [6.07, 6.45) is -0.855. The predicted molar refractivity (Wildman–Crippen MR) is 104 cm³/mol. The standard InChI is InChI=1S/C20H20N2O7/c23-13-8-6-12(7-9-13)19(26)21-14-3-1-4-15-18(14)29-16(20(27)28)11-22(15)10-2-5-17(24)25/h1,3-4,6-9,16,23H,2,5,10-11H2,(H,21,26)(H,24,25)(H,27,28). The van der Waals surface area contributed by atoms with Crippen LogP contribution in [0.25, 0.3) is 0 Å². The summed E-state index contributed by atoms with van der Waals surface area (Å²) in [5.41, 5.74) is 1.19. The highest BCUT2D eigenvalue weighted by atomic mass is 16.5. The molecule has 152 valence electrons. The van der Waals surface area contributed by atoms with Crippen molar-refractivity contribution in [1.29, 1.82) is 0 Å². The van der Waals surface area contributed by atoms with Gasteiger partial charge in [-0.2, -0.15) is 0 Å². The van der Waals surface area contributed by atoms with Gasteiger partial charge in [0.2, 0.25) is 6.10 Å². The fourth-order valence-corrected chi connectivity index (χ4v) is 3.04. The van der Waals surface area contributed by atoms with E-state index in [-0.39, 0.29) is 24.5 Å². The molecule has 0 aliphatic carbocycles. The van der Waals surface area contributed by atoms with Crippen molar-refractivity contribution in [2.75, 3.05) is 23.3 Å². The maximum Gasteiger partial charge on any atom is 0.346 e. The van der Waals surface area contributed by atoms with Gasteiger partial charge in [0, 0.05) is 18.5 Å². The minimum Gasteiger partial charge on any atom is -0.508 e. The number of benzene rings is 2. The maximum atomic E-state index is 12.5. The quantitative estimate of drug-likeness (QED) is 0.555. The highest BCUT2D eigenvalue weighted by molar-refractivity contribution is 6.05. The van der Waals surface area contributed by atoms with Crippen LogP contribution >= 0.6 is 0 Å². The largest absolute Gasteiger partial charge is 0.508 e. The number of para-hydroxylation sites is 1. The van der Waals surface area contributed by atoms with Gasteiger partial charge in [0.25, 0.3) is 5.91 Å². The zero-order chi connectivity index (χ0) is 21.0. The summed E-state index contributed by atoms with van der Waals surface area (Å²) in [7, 11) is 0. The van der Waals surface area contributed by atoms with Crippen molar-refractivity contribution in [3.63, 3.8) is 0 Å². The Morgan fingerprint density at radius 2 is 1.83 bits per heavy atom. The monoisotopic (exact) mass is 400 g/mol. The van der Waals surface area contributed by atoms with Gasteiger partial charge in [-0.15, -0.1) is 0 Å². The molecule has 4 N–H and O–H groups in total. The smallest absolute Gasteiger partial charge is 0.346 e. The third kappa shape index (κ3) is 4.75. The van der Waals surface area contributed by atoms with E-state index in [0.29, 0.717) is 29.9 Å². The molecule has 29 heavy (non-hydrogen) atoms. The third-order valence-electron chi connectivity index (χ3n) is 4.45. The van der Waals surface area contributed by atoms with Crippen molar-refractivity contribution in [3.8, 4) is 11.5 Å². The lowest BCUT2D eigenvalue weighted by Crippen LogP contribution is -2.45. The second kappa shape index (κ2) is 8.51. The molecular weight excluding hydrogens is 380 g/mol. The number of hydrogen-bond acceptors (Lipinski definition) is 6. The van der Waals surface area contributed by atoms with Crippen LogP contribution in [0, 0.1) is 0 Å². The lowest BCUT2D eigenvalue weighted by molar-refractivity contribution is -0.145. The van der Waals surface area contributed by atoms with Crippen LogP contribution in [0.2, 0.25) is 0 Å². The van der Waals surface area contributed by atoms with E-state index in [1.807, 2.05) is 0 Å². The molecule has 3 rings (SSSR count). The molecule has 1 atom stereocenters. The van der Waals surface area contributed by atoms with Gasteiger partial charge in [-0.25, -0.2) is 4.79 Å². The Labute approximate surface area is 166 Å². The molecule has 1 aliphatic rings. The number of aliphatic carboxylic acids is 2. The first kappa shape index (κ1) is 20.0. The first-order valence-corrected chi connectivity index (χ1v) is 8.94. The number of anilines is 2. The van der Waals surface area contributed by atoms with Gasteiger partial charge in [-0.1, -0.05) is 6.07 Å². The molecule has 1 aliphatic heterocycles. The first-order valence-electron chi connectivity index (χ1n) is 8.94. The molecule has 9 nitrogen and oxygen atoms in total. The Hall–Kier alpha value is -3.75. The molecule has 9 heteroatoms. The van der Waals surface area contributed by atoms with Crippen LogP contribution in [-0.4, -0.2) is 52.4 Å². The van der Waals surface area contributed by atoms with E-state index in [4.69, 9.17) is 9.84 Å². The summed E-state index contributed by atoms with van der Waals surface area (Å²) in [5, 5.41) is 30.3. The van der Waals surface area contributed by atoms with Gasteiger partial charge in [0.1, 0.15) is 5.75 Å². The molecule has 0 fully saturated rings. The van der Waals surface area contributed by atoms with Crippen molar-refractivity contribution in [2.45, 2.75) is 18.9 Å². The highest BCUT2D eigenvalue weighted by Crippen LogP contribution is 2.40. The molecule has 0 saturated heterocycles. The Morgan fingerprint density at radius 1 is 1.10 bits per heavy atom. The van der Waals surface area contributed by atoms with Crippen LogP contribution in [0.5, 0.6) is 11.5 Å². The summed E-state index contributed by atoms with van der Waals surface area (Å²) in [4.78, 5) is 36.6. The third-order valence-corrected chi connectivity index (χ3v) is 4.45. The summed E-state index contributed by atoms with van der Waals surface area (Å²) >= 11 is 0. The van der Waals surface area contributed by atoms with E-state index in [2.05, 4.69) is 5.32 Å². The Bertz CT molecular complexity index is 927. The molecule has 1 unspecified atom stereocenters.